The molecule has 1 N–H and O–H groups in total. The van der Waals surface area contributed by atoms with Gasteiger partial charge in [0.2, 0.25) is 0 Å². The van der Waals surface area contributed by atoms with Crippen LogP contribution in [-0.2, 0) is 6.54 Å². The quantitative estimate of drug-likeness (QED) is 0.547. The van der Waals surface area contributed by atoms with Gasteiger partial charge < -0.3 is 9.67 Å². The molecule has 19 heavy (non-hydrogen) atoms. The number of aromatic nitrogens is 1. The maximum absolute atomic E-state index is 11.6. The summed E-state index contributed by atoms with van der Waals surface area (Å²) in [4.78, 5) is 23.7. The van der Waals surface area contributed by atoms with E-state index in [1.54, 1.807) is 0 Å². The molecule has 7 heteroatoms. The fourth-order valence-corrected chi connectivity index (χ4v) is 1.84. The number of hydrogen-bond donors (Lipinski definition) is 1. The van der Waals surface area contributed by atoms with E-state index in [1.165, 1.54) is 22.9 Å². The first-order valence-corrected chi connectivity index (χ1v) is 6.26. The molecule has 0 bridgehead atoms. The summed E-state index contributed by atoms with van der Waals surface area (Å²) in [5.41, 5.74) is -0.352. The van der Waals surface area contributed by atoms with Gasteiger partial charge in [-0.2, -0.15) is 0 Å². The molecule has 0 aromatic carbocycles. The number of nitro groups is 1. The first kappa shape index (κ1) is 15.3. The van der Waals surface area contributed by atoms with Crippen molar-refractivity contribution < 1.29 is 10.0 Å². The summed E-state index contributed by atoms with van der Waals surface area (Å²) in [6.07, 6.45) is 2.20. The molecule has 106 valence electrons. The zero-order chi connectivity index (χ0) is 14.3. The molecule has 0 amide bonds. The molecule has 0 atom stereocenters. The summed E-state index contributed by atoms with van der Waals surface area (Å²) in [6.45, 7) is 4.41. The normalized spacial score (nSPS) is 10.9. The lowest BCUT2D eigenvalue weighted by Crippen LogP contribution is -2.33. The average Bonchev–Trinajstić information content (AvgIpc) is 2.37. The molecule has 1 rings (SSSR count). The predicted octanol–water partition coefficient (Wildman–Crippen LogP) is 0.461. The monoisotopic (exact) mass is 269 g/mol. The van der Waals surface area contributed by atoms with Crippen molar-refractivity contribution in [3.63, 3.8) is 0 Å². The van der Waals surface area contributed by atoms with Crippen LogP contribution in [0.4, 0.5) is 5.69 Å². The van der Waals surface area contributed by atoms with Gasteiger partial charge in [0, 0.05) is 31.8 Å². The van der Waals surface area contributed by atoms with Gasteiger partial charge in [0.05, 0.1) is 17.7 Å². The molecule has 0 saturated heterocycles. The van der Waals surface area contributed by atoms with E-state index in [4.69, 9.17) is 5.11 Å². The van der Waals surface area contributed by atoms with Crippen molar-refractivity contribution in [1.82, 2.24) is 9.47 Å². The van der Waals surface area contributed by atoms with Crippen LogP contribution >= 0.6 is 0 Å². The molecule has 1 heterocycles. The molecule has 0 aliphatic heterocycles. The standard InChI is InChI=1S/C12H19N3O4/c1-2-5-13(8-9-16)6-7-14-10-11(15(18)19)3-4-12(14)17/h3-4,10,16H,2,5-9H2,1H3. The second-order valence-corrected chi connectivity index (χ2v) is 4.24. The Balaban J connectivity index is 2.72. The molecular weight excluding hydrogens is 250 g/mol. The zero-order valence-corrected chi connectivity index (χ0v) is 11.0. The van der Waals surface area contributed by atoms with Gasteiger partial charge in [-0.05, 0) is 13.0 Å². The smallest absolute Gasteiger partial charge is 0.285 e. The Bertz CT molecular complexity index is 466. The highest BCUT2D eigenvalue weighted by atomic mass is 16.6. The lowest BCUT2D eigenvalue weighted by Gasteiger charge is -2.20. The first-order valence-electron chi connectivity index (χ1n) is 6.26. The number of aliphatic hydroxyl groups excluding tert-OH is 1. The summed E-state index contributed by atoms with van der Waals surface area (Å²) in [5, 5.41) is 19.6. The Morgan fingerprint density at radius 2 is 2.11 bits per heavy atom. The van der Waals surface area contributed by atoms with E-state index >= 15 is 0 Å². The van der Waals surface area contributed by atoms with Crippen LogP contribution in [0.1, 0.15) is 13.3 Å². The molecule has 0 radical (unpaired) electrons. The van der Waals surface area contributed by atoms with Gasteiger partial charge >= 0.3 is 0 Å². The van der Waals surface area contributed by atoms with Crippen molar-refractivity contribution in [2.75, 3.05) is 26.2 Å². The average molecular weight is 269 g/mol. The number of pyridine rings is 1. The van der Waals surface area contributed by atoms with Crippen molar-refractivity contribution in [3.05, 3.63) is 38.8 Å². The summed E-state index contributed by atoms with van der Waals surface area (Å²) in [6, 6.07) is 2.41. The van der Waals surface area contributed by atoms with Crippen LogP contribution in [0.15, 0.2) is 23.1 Å². The predicted molar refractivity (Wildman–Crippen MR) is 71.2 cm³/mol. The van der Waals surface area contributed by atoms with Crippen LogP contribution in [0.25, 0.3) is 0 Å². The van der Waals surface area contributed by atoms with E-state index in [9.17, 15) is 14.9 Å². The Labute approximate surface area is 111 Å². The molecule has 0 unspecified atom stereocenters. The Hall–Kier alpha value is -1.73. The van der Waals surface area contributed by atoms with Gasteiger partial charge in [0.25, 0.3) is 11.2 Å². The highest BCUT2D eigenvalue weighted by Gasteiger charge is 2.09. The van der Waals surface area contributed by atoms with E-state index in [1.807, 2.05) is 11.8 Å². The minimum Gasteiger partial charge on any atom is -0.395 e. The van der Waals surface area contributed by atoms with Crippen LogP contribution in [0.2, 0.25) is 0 Å². The third-order valence-electron chi connectivity index (χ3n) is 2.79. The third-order valence-corrected chi connectivity index (χ3v) is 2.79. The van der Waals surface area contributed by atoms with E-state index in [0.29, 0.717) is 19.6 Å². The molecule has 1 aromatic rings. The van der Waals surface area contributed by atoms with Crippen LogP contribution in [0.3, 0.4) is 0 Å². The second-order valence-electron chi connectivity index (χ2n) is 4.24. The SMILES string of the molecule is CCCN(CCO)CCn1cc([N+](=O)[O-])ccc1=O. The molecule has 1 aromatic heterocycles. The molecule has 7 nitrogen and oxygen atoms in total. The van der Waals surface area contributed by atoms with Crippen LogP contribution in [-0.4, -0.2) is 45.7 Å². The molecule has 0 saturated carbocycles. The minimum absolute atomic E-state index is 0.0594. The fraction of sp³-hybridized carbons (Fsp3) is 0.583. The number of rotatable bonds is 8. The maximum Gasteiger partial charge on any atom is 0.285 e. The van der Waals surface area contributed by atoms with Crippen molar-refractivity contribution in [2.24, 2.45) is 0 Å². The van der Waals surface area contributed by atoms with Crippen LogP contribution < -0.4 is 5.56 Å². The lowest BCUT2D eigenvalue weighted by molar-refractivity contribution is -0.385. The van der Waals surface area contributed by atoms with Gasteiger partial charge in [-0.25, -0.2) is 0 Å². The molecule has 0 aliphatic carbocycles. The summed E-state index contributed by atoms with van der Waals surface area (Å²) < 4.78 is 1.33. The topological polar surface area (TPSA) is 88.6 Å². The minimum atomic E-state index is -0.520. The van der Waals surface area contributed by atoms with E-state index < -0.39 is 4.92 Å². The van der Waals surface area contributed by atoms with Gasteiger partial charge in [-0.1, -0.05) is 6.92 Å². The summed E-state index contributed by atoms with van der Waals surface area (Å²) >= 11 is 0. The molecule has 0 fully saturated rings. The molecule has 0 aliphatic rings. The van der Waals surface area contributed by atoms with Gasteiger partial charge in [-0.15, -0.1) is 0 Å². The Morgan fingerprint density at radius 3 is 2.68 bits per heavy atom. The van der Waals surface area contributed by atoms with Gasteiger partial charge in [0.15, 0.2) is 0 Å². The Morgan fingerprint density at radius 1 is 1.37 bits per heavy atom. The van der Waals surface area contributed by atoms with E-state index in [0.717, 1.165) is 13.0 Å². The fourth-order valence-electron chi connectivity index (χ4n) is 1.84. The molecular formula is C12H19N3O4. The number of aliphatic hydroxyl groups is 1. The lowest BCUT2D eigenvalue weighted by atomic mass is 10.3. The van der Waals surface area contributed by atoms with Crippen molar-refractivity contribution in [2.45, 2.75) is 19.9 Å². The summed E-state index contributed by atoms with van der Waals surface area (Å²) in [5.74, 6) is 0. The third kappa shape index (κ3) is 4.80. The number of nitrogens with zero attached hydrogens (tertiary/aromatic N) is 3. The van der Waals surface area contributed by atoms with Gasteiger partial charge in [0.1, 0.15) is 0 Å². The highest BCUT2D eigenvalue weighted by molar-refractivity contribution is 5.24. The van der Waals surface area contributed by atoms with Crippen LogP contribution in [0.5, 0.6) is 0 Å². The van der Waals surface area contributed by atoms with Crippen molar-refractivity contribution >= 4 is 5.69 Å². The van der Waals surface area contributed by atoms with Gasteiger partial charge in [-0.3, -0.25) is 19.8 Å². The van der Waals surface area contributed by atoms with Crippen LogP contribution in [0, 0.1) is 10.1 Å². The molecule has 0 spiro atoms. The van der Waals surface area contributed by atoms with E-state index in [-0.39, 0.29) is 17.9 Å². The van der Waals surface area contributed by atoms with Crippen molar-refractivity contribution in [3.8, 4) is 0 Å². The first-order chi connectivity index (χ1) is 9.08. The summed E-state index contributed by atoms with van der Waals surface area (Å²) in [7, 11) is 0. The van der Waals surface area contributed by atoms with E-state index in [2.05, 4.69) is 0 Å². The van der Waals surface area contributed by atoms with Crippen molar-refractivity contribution in [1.29, 1.82) is 0 Å². The number of hydrogen-bond acceptors (Lipinski definition) is 5. The highest BCUT2D eigenvalue weighted by Crippen LogP contribution is 2.06. The zero-order valence-electron chi connectivity index (χ0n) is 11.0. The Kier molecular flexibility index (Phi) is 6.17. The largest absolute Gasteiger partial charge is 0.395 e. The second kappa shape index (κ2) is 7.65. The maximum atomic E-state index is 11.6.